The summed E-state index contributed by atoms with van der Waals surface area (Å²) in [6.07, 6.45) is 16.2. The van der Waals surface area contributed by atoms with Gasteiger partial charge in [0.25, 0.3) is 0 Å². The first-order valence-corrected chi connectivity index (χ1v) is 6.22. The summed E-state index contributed by atoms with van der Waals surface area (Å²) in [5.41, 5.74) is 0. The normalized spacial score (nSPS) is 33.3. The van der Waals surface area contributed by atoms with E-state index in [1.54, 1.807) is 7.11 Å². The molecular weight excluding hydrogens is 184 g/mol. The van der Waals surface area contributed by atoms with Crippen molar-refractivity contribution in [2.75, 3.05) is 13.7 Å². The van der Waals surface area contributed by atoms with Gasteiger partial charge in [-0.25, -0.2) is 0 Å². The molecule has 0 aromatic heterocycles. The predicted molar refractivity (Wildman–Crippen MR) is 63.7 cm³/mol. The third-order valence-electron chi connectivity index (χ3n) is 3.79. The standard InChI is InChI=1S/C14H22O/c1-15-9-5-3-2-4-6-13-10-12-7-8-14(13)11-12/h3,5,7-8,12-14H,2,4,6,9-11H2,1H3/b5-3+/t12-,13+,14-/m1/s1. The molecule has 0 heterocycles. The molecule has 1 fully saturated rings. The maximum Gasteiger partial charge on any atom is 0.0643 e. The van der Waals surface area contributed by atoms with Crippen molar-refractivity contribution < 1.29 is 4.74 Å². The molecule has 0 radical (unpaired) electrons. The van der Waals surface area contributed by atoms with E-state index in [2.05, 4.69) is 24.3 Å². The lowest BCUT2D eigenvalue weighted by Crippen LogP contribution is -2.06. The zero-order valence-electron chi connectivity index (χ0n) is 9.69. The van der Waals surface area contributed by atoms with Gasteiger partial charge in [0.2, 0.25) is 0 Å². The lowest BCUT2D eigenvalue weighted by molar-refractivity contribution is 0.233. The summed E-state index contributed by atoms with van der Waals surface area (Å²) in [6, 6.07) is 0. The molecular formula is C14H22O. The second-order valence-electron chi connectivity index (χ2n) is 4.90. The quantitative estimate of drug-likeness (QED) is 0.477. The number of allylic oxidation sites excluding steroid dienone is 3. The van der Waals surface area contributed by atoms with Gasteiger partial charge in [-0.1, -0.05) is 24.3 Å². The highest BCUT2D eigenvalue weighted by molar-refractivity contribution is 5.09. The second-order valence-corrected chi connectivity index (χ2v) is 4.90. The Bertz CT molecular complexity index is 242. The van der Waals surface area contributed by atoms with E-state index in [4.69, 9.17) is 4.74 Å². The molecule has 2 aliphatic carbocycles. The fraction of sp³-hybridized carbons (Fsp3) is 0.714. The van der Waals surface area contributed by atoms with Crippen molar-refractivity contribution in [3.8, 4) is 0 Å². The number of methoxy groups -OCH3 is 1. The summed E-state index contributed by atoms with van der Waals surface area (Å²) in [7, 11) is 1.74. The maximum atomic E-state index is 4.97. The fourth-order valence-corrected chi connectivity index (χ4v) is 3.01. The molecule has 1 nitrogen and oxygen atoms in total. The van der Waals surface area contributed by atoms with Crippen LogP contribution in [0, 0.1) is 17.8 Å². The molecule has 0 aliphatic heterocycles. The molecule has 84 valence electrons. The third kappa shape index (κ3) is 2.94. The molecule has 0 unspecified atom stereocenters. The van der Waals surface area contributed by atoms with Crippen LogP contribution in [0.25, 0.3) is 0 Å². The van der Waals surface area contributed by atoms with E-state index in [1.165, 1.54) is 32.1 Å². The number of fused-ring (bicyclic) bond motifs is 2. The van der Waals surface area contributed by atoms with Crippen LogP contribution in [0.3, 0.4) is 0 Å². The Labute approximate surface area is 93.2 Å². The number of hydrogen-bond donors (Lipinski definition) is 0. The van der Waals surface area contributed by atoms with E-state index in [-0.39, 0.29) is 0 Å². The highest BCUT2D eigenvalue weighted by Crippen LogP contribution is 2.45. The highest BCUT2D eigenvalue weighted by atomic mass is 16.5. The summed E-state index contributed by atoms with van der Waals surface area (Å²) in [4.78, 5) is 0. The molecule has 1 heteroatoms. The largest absolute Gasteiger partial charge is 0.381 e. The smallest absolute Gasteiger partial charge is 0.0643 e. The van der Waals surface area contributed by atoms with Gasteiger partial charge in [0, 0.05) is 7.11 Å². The lowest BCUT2D eigenvalue weighted by Gasteiger charge is -2.16. The van der Waals surface area contributed by atoms with Crippen LogP contribution in [0.4, 0.5) is 0 Å². The Morgan fingerprint density at radius 1 is 1.27 bits per heavy atom. The minimum Gasteiger partial charge on any atom is -0.381 e. The van der Waals surface area contributed by atoms with Gasteiger partial charge < -0.3 is 4.74 Å². The zero-order valence-corrected chi connectivity index (χ0v) is 9.69. The van der Waals surface area contributed by atoms with Crippen LogP contribution >= 0.6 is 0 Å². The number of unbranched alkanes of at least 4 members (excludes halogenated alkanes) is 1. The van der Waals surface area contributed by atoms with Crippen LogP contribution in [-0.2, 0) is 4.74 Å². The average Bonchev–Trinajstić information content (AvgIpc) is 2.85. The summed E-state index contributed by atoms with van der Waals surface area (Å²) in [6.45, 7) is 0.761. The number of rotatable bonds is 6. The van der Waals surface area contributed by atoms with Crippen molar-refractivity contribution in [3.05, 3.63) is 24.3 Å². The van der Waals surface area contributed by atoms with E-state index in [0.29, 0.717) is 0 Å². The molecule has 2 bridgehead atoms. The first-order chi connectivity index (χ1) is 7.40. The topological polar surface area (TPSA) is 9.23 Å². The van der Waals surface area contributed by atoms with Gasteiger partial charge >= 0.3 is 0 Å². The number of hydrogen-bond acceptors (Lipinski definition) is 1. The first kappa shape index (κ1) is 10.9. The zero-order chi connectivity index (χ0) is 10.5. The van der Waals surface area contributed by atoms with Crippen LogP contribution in [-0.4, -0.2) is 13.7 Å². The lowest BCUT2D eigenvalue weighted by atomic mass is 9.89. The Kier molecular flexibility index (Phi) is 4.01. The van der Waals surface area contributed by atoms with Crippen molar-refractivity contribution in [1.29, 1.82) is 0 Å². The van der Waals surface area contributed by atoms with Gasteiger partial charge in [-0.3, -0.25) is 0 Å². The van der Waals surface area contributed by atoms with E-state index in [0.717, 1.165) is 24.4 Å². The van der Waals surface area contributed by atoms with E-state index < -0.39 is 0 Å². The minimum absolute atomic E-state index is 0.761. The van der Waals surface area contributed by atoms with E-state index >= 15 is 0 Å². The van der Waals surface area contributed by atoms with E-state index in [1.807, 2.05) is 0 Å². The van der Waals surface area contributed by atoms with E-state index in [9.17, 15) is 0 Å². The van der Waals surface area contributed by atoms with Crippen LogP contribution in [0.1, 0.15) is 32.1 Å². The van der Waals surface area contributed by atoms with Crippen molar-refractivity contribution in [2.45, 2.75) is 32.1 Å². The Hall–Kier alpha value is -0.560. The monoisotopic (exact) mass is 206 g/mol. The molecule has 1 saturated carbocycles. The molecule has 2 aliphatic rings. The van der Waals surface area contributed by atoms with Gasteiger partial charge in [0.15, 0.2) is 0 Å². The molecule has 0 aromatic carbocycles. The second kappa shape index (κ2) is 5.50. The van der Waals surface area contributed by atoms with Crippen molar-refractivity contribution in [3.63, 3.8) is 0 Å². The first-order valence-electron chi connectivity index (χ1n) is 6.22. The van der Waals surface area contributed by atoms with Crippen LogP contribution in [0.5, 0.6) is 0 Å². The van der Waals surface area contributed by atoms with Crippen LogP contribution in [0.2, 0.25) is 0 Å². The molecule has 0 spiro atoms. The van der Waals surface area contributed by atoms with Crippen LogP contribution in [0.15, 0.2) is 24.3 Å². The number of ether oxygens (including phenoxy) is 1. The highest BCUT2D eigenvalue weighted by Gasteiger charge is 2.34. The summed E-state index contributed by atoms with van der Waals surface area (Å²) < 4.78 is 4.97. The van der Waals surface area contributed by atoms with Gasteiger partial charge in [-0.15, -0.1) is 0 Å². The third-order valence-corrected chi connectivity index (χ3v) is 3.79. The SMILES string of the molecule is COC/C=C/CCC[C@H]1C[C@H]2C=C[C@@H]1C2. The van der Waals surface area contributed by atoms with Gasteiger partial charge in [0.05, 0.1) is 6.61 Å². The molecule has 15 heavy (non-hydrogen) atoms. The maximum absolute atomic E-state index is 4.97. The predicted octanol–water partition coefficient (Wildman–Crippen LogP) is 3.57. The Balaban J connectivity index is 1.57. The molecule has 0 amide bonds. The Morgan fingerprint density at radius 2 is 2.20 bits per heavy atom. The molecule has 0 aromatic rings. The van der Waals surface area contributed by atoms with Gasteiger partial charge in [0.1, 0.15) is 0 Å². The summed E-state index contributed by atoms with van der Waals surface area (Å²) in [5.74, 6) is 2.86. The van der Waals surface area contributed by atoms with Gasteiger partial charge in [-0.05, 0) is 49.9 Å². The average molecular weight is 206 g/mol. The summed E-state index contributed by atoms with van der Waals surface area (Å²) >= 11 is 0. The van der Waals surface area contributed by atoms with Crippen molar-refractivity contribution in [1.82, 2.24) is 0 Å². The van der Waals surface area contributed by atoms with Crippen molar-refractivity contribution >= 4 is 0 Å². The summed E-state index contributed by atoms with van der Waals surface area (Å²) in [5, 5.41) is 0. The van der Waals surface area contributed by atoms with Crippen LogP contribution < -0.4 is 0 Å². The molecule has 2 rings (SSSR count). The Morgan fingerprint density at radius 3 is 2.87 bits per heavy atom. The molecule has 3 atom stereocenters. The van der Waals surface area contributed by atoms with Crippen molar-refractivity contribution in [2.24, 2.45) is 17.8 Å². The van der Waals surface area contributed by atoms with Gasteiger partial charge in [-0.2, -0.15) is 0 Å². The minimum atomic E-state index is 0.761. The molecule has 0 saturated heterocycles. The molecule has 0 N–H and O–H groups in total. The fourth-order valence-electron chi connectivity index (χ4n) is 3.01.